The number of hydrogen-bond donors (Lipinski definition) is 1. The first kappa shape index (κ1) is 13.3. The minimum absolute atomic E-state index is 0.0698. The van der Waals surface area contributed by atoms with Crippen LogP contribution in [0, 0.1) is 0 Å². The average molecular weight is 294 g/mol. The molecule has 0 amide bonds. The Morgan fingerprint density at radius 2 is 1.90 bits per heavy atom. The van der Waals surface area contributed by atoms with Crippen molar-refractivity contribution < 1.29 is 13.9 Å². The number of benzene rings is 1. The Hall–Kier alpha value is -1.65. The van der Waals surface area contributed by atoms with Crippen molar-refractivity contribution in [3.05, 3.63) is 46.9 Å². The van der Waals surface area contributed by atoms with Crippen LogP contribution in [0.5, 0.6) is 11.5 Å². The molecule has 1 unspecified atom stereocenters. The van der Waals surface area contributed by atoms with E-state index in [0.717, 1.165) is 29.2 Å². The van der Waals surface area contributed by atoms with E-state index in [0.29, 0.717) is 18.4 Å². The molecule has 0 saturated heterocycles. The number of halogens is 1. The van der Waals surface area contributed by atoms with Crippen molar-refractivity contribution in [2.24, 2.45) is 0 Å². The van der Waals surface area contributed by atoms with Gasteiger partial charge in [0.1, 0.15) is 5.76 Å². The molecule has 0 bridgehead atoms. The van der Waals surface area contributed by atoms with E-state index in [2.05, 4.69) is 5.32 Å². The molecule has 1 atom stereocenters. The highest BCUT2D eigenvalue weighted by atomic mass is 35.5. The fourth-order valence-electron chi connectivity index (χ4n) is 2.32. The van der Waals surface area contributed by atoms with E-state index in [1.165, 1.54) is 0 Å². The molecule has 0 radical (unpaired) electrons. The second-order valence-corrected chi connectivity index (χ2v) is 4.99. The maximum atomic E-state index is 5.85. The predicted molar refractivity (Wildman–Crippen MR) is 76.7 cm³/mol. The molecule has 0 saturated carbocycles. The lowest BCUT2D eigenvalue weighted by molar-refractivity contribution is 0.297. The summed E-state index contributed by atoms with van der Waals surface area (Å²) in [6.45, 7) is 1.36. The monoisotopic (exact) mass is 293 g/mol. The van der Waals surface area contributed by atoms with Gasteiger partial charge in [0.15, 0.2) is 16.7 Å². The van der Waals surface area contributed by atoms with E-state index in [9.17, 15) is 0 Å². The van der Waals surface area contributed by atoms with E-state index in [4.69, 9.17) is 25.5 Å². The molecule has 1 aromatic carbocycles. The Balaban J connectivity index is 1.94. The molecule has 2 aromatic rings. The Morgan fingerprint density at radius 3 is 2.60 bits per heavy atom. The van der Waals surface area contributed by atoms with E-state index >= 15 is 0 Å². The SMILES string of the molecule is CNC(c1ccc2c(c1)OCCCO2)c1ccc(Cl)o1. The van der Waals surface area contributed by atoms with Gasteiger partial charge in [-0.3, -0.25) is 0 Å². The van der Waals surface area contributed by atoms with Gasteiger partial charge in [0, 0.05) is 6.42 Å². The third-order valence-corrected chi connectivity index (χ3v) is 3.48. The van der Waals surface area contributed by atoms with Gasteiger partial charge < -0.3 is 19.2 Å². The molecular formula is C15H16ClNO3. The van der Waals surface area contributed by atoms with Gasteiger partial charge in [-0.1, -0.05) is 6.07 Å². The van der Waals surface area contributed by atoms with Crippen LogP contribution >= 0.6 is 11.6 Å². The van der Waals surface area contributed by atoms with Crippen LogP contribution in [0.1, 0.15) is 23.8 Å². The highest BCUT2D eigenvalue weighted by Crippen LogP contribution is 2.34. The van der Waals surface area contributed by atoms with Crippen molar-refractivity contribution >= 4 is 11.6 Å². The second-order valence-electron chi connectivity index (χ2n) is 4.62. The molecule has 1 aliphatic rings. The molecule has 1 aliphatic heterocycles. The summed E-state index contributed by atoms with van der Waals surface area (Å²) in [6.07, 6.45) is 0.896. The molecule has 0 spiro atoms. The molecule has 106 valence electrons. The van der Waals surface area contributed by atoms with E-state index in [1.807, 2.05) is 31.3 Å². The van der Waals surface area contributed by atoms with Crippen molar-refractivity contribution in [2.45, 2.75) is 12.5 Å². The van der Waals surface area contributed by atoms with Crippen LogP contribution in [0.15, 0.2) is 34.7 Å². The van der Waals surface area contributed by atoms with Crippen LogP contribution in [0.3, 0.4) is 0 Å². The number of ether oxygens (including phenoxy) is 2. The fourth-order valence-corrected chi connectivity index (χ4v) is 2.47. The van der Waals surface area contributed by atoms with Gasteiger partial charge in [-0.05, 0) is 48.5 Å². The van der Waals surface area contributed by atoms with Crippen LogP contribution in [0.4, 0.5) is 0 Å². The summed E-state index contributed by atoms with van der Waals surface area (Å²) >= 11 is 5.85. The zero-order valence-electron chi connectivity index (χ0n) is 11.2. The smallest absolute Gasteiger partial charge is 0.193 e. The predicted octanol–water partition coefficient (Wildman–Crippen LogP) is 3.40. The molecule has 3 rings (SSSR count). The lowest BCUT2D eigenvalue weighted by Gasteiger charge is -2.16. The minimum Gasteiger partial charge on any atom is -0.490 e. The summed E-state index contributed by atoms with van der Waals surface area (Å²) in [7, 11) is 1.88. The zero-order chi connectivity index (χ0) is 13.9. The first-order valence-electron chi connectivity index (χ1n) is 6.60. The summed E-state index contributed by atoms with van der Waals surface area (Å²) < 4.78 is 16.8. The number of fused-ring (bicyclic) bond motifs is 1. The van der Waals surface area contributed by atoms with Gasteiger partial charge in [-0.2, -0.15) is 0 Å². The number of furan rings is 1. The van der Waals surface area contributed by atoms with Crippen molar-refractivity contribution in [1.29, 1.82) is 0 Å². The van der Waals surface area contributed by atoms with Gasteiger partial charge in [0.2, 0.25) is 0 Å². The fraction of sp³-hybridized carbons (Fsp3) is 0.333. The van der Waals surface area contributed by atoms with E-state index in [-0.39, 0.29) is 6.04 Å². The van der Waals surface area contributed by atoms with Gasteiger partial charge >= 0.3 is 0 Å². The van der Waals surface area contributed by atoms with E-state index < -0.39 is 0 Å². The maximum Gasteiger partial charge on any atom is 0.193 e. The third kappa shape index (κ3) is 2.62. The Kier molecular flexibility index (Phi) is 3.85. The Bertz CT molecular complexity index is 597. The standard InChI is InChI=1S/C15H16ClNO3/c1-17-15(12-5-6-14(16)20-12)10-3-4-11-13(9-10)19-8-2-7-18-11/h3-6,9,15,17H,2,7-8H2,1H3. The lowest BCUT2D eigenvalue weighted by atomic mass is 10.0. The summed E-state index contributed by atoms with van der Waals surface area (Å²) in [5.41, 5.74) is 1.04. The number of hydrogen-bond acceptors (Lipinski definition) is 4. The van der Waals surface area contributed by atoms with Gasteiger partial charge in [0.25, 0.3) is 0 Å². The van der Waals surface area contributed by atoms with Crippen molar-refractivity contribution in [1.82, 2.24) is 5.32 Å². The minimum atomic E-state index is -0.0698. The van der Waals surface area contributed by atoms with E-state index in [1.54, 1.807) is 6.07 Å². The summed E-state index contributed by atoms with van der Waals surface area (Å²) in [4.78, 5) is 0. The highest BCUT2D eigenvalue weighted by Gasteiger charge is 2.19. The number of nitrogens with one attached hydrogen (secondary N) is 1. The average Bonchev–Trinajstić information content (AvgIpc) is 2.75. The summed E-state index contributed by atoms with van der Waals surface area (Å²) in [6, 6.07) is 9.46. The molecule has 4 nitrogen and oxygen atoms in total. The van der Waals surface area contributed by atoms with Gasteiger partial charge in [0.05, 0.1) is 19.3 Å². The molecular weight excluding hydrogens is 278 g/mol. The van der Waals surface area contributed by atoms with Gasteiger partial charge in [-0.25, -0.2) is 0 Å². The molecule has 2 heterocycles. The van der Waals surface area contributed by atoms with Crippen LogP contribution in [0.25, 0.3) is 0 Å². The van der Waals surface area contributed by atoms with Crippen molar-refractivity contribution in [3.8, 4) is 11.5 Å². The molecule has 0 aliphatic carbocycles. The molecule has 20 heavy (non-hydrogen) atoms. The second kappa shape index (κ2) is 5.77. The van der Waals surface area contributed by atoms with Crippen LogP contribution < -0.4 is 14.8 Å². The Labute approximate surface area is 122 Å². The van der Waals surface area contributed by atoms with Crippen molar-refractivity contribution in [3.63, 3.8) is 0 Å². The zero-order valence-corrected chi connectivity index (χ0v) is 11.9. The third-order valence-electron chi connectivity index (χ3n) is 3.27. The molecule has 5 heteroatoms. The van der Waals surface area contributed by atoms with Crippen LogP contribution in [-0.4, -0.2) is 20.3 Å². The topological polar surface area (TPSA) is 43.6 Å². The maximum absolute atomic E-state index is 5.85. The summed E-state index contributed by atoms with van der Waals surface area (Å²) in [5.74, 6) is 2.34. The van der Waals surface area contributed by atoms with Crippen LogP contribution in [0.2, 0.25) is 5.22 Å². The normalized spacial score (nSPS) is 15.7. The quantitative estimate of drug-likeness (QED) is 0.942. The number of rotatable bonds is 3. The Morgan fingerprint density at radius 1 is 1.10 bits per heavy atom. The first-order chi connectivity index (χ1) is 9.78. The molecule has 1 N–H and O–H groups in total. The summed E-state index contributed by atoms with van der Waals surface area (Å²) in [5, 5.41) is 3.61. The molecule has 1 aromatic heterocycles. The highest BCUT2D eigenvalue weighted by molar-refractivity contribution is 6.28. The van der Waals surface area contributed by atoms with Gasteiger partial charge in [-0.15, -0.1) is 0 Å². The van der Waals surface area contributed by atoms with Crippen LogP contribution in [-0.2, 0) is 0 Å². The first-order valence-corrected chi connectivity index (χ1v) is 6.98. The lowest BCUT2D eigenvalue weighted by Crippen LogP contribution is -2.17. The van der Waals surface area contributed by atoms with Crippen molar-refractivity contribution in [2.75, 3.05) is 20.3 Å². The molecule has 0 fully saturated rings. The largest absolute Gasteiger partial charge is 0.490 e.